The topological polar surface area (TPSA) is 44.8 Å². The van der Waals surface area contributed by atoms with Crippen LogP contribution in [0.15, 0.2) is 84.9 Å². The highest BCUT2D eigenvalue weighted by Gasteiger charge is 2.28. The summed E-state index contributed by atoms with van der Waals surface area (Å²) in [5.41, 5.74) is 3.59. The minimum Gasteiger partial charge on any atom is -0.497 e. The molecule has 1 aliphatic rings. The molecule has 1 fully saturated rings. The van der Waals surface area contributed by atoms with Crippen molar-refractivity contribution in [2.45, 2.75) is 12.6 Å². The number of hydrogen-bond donors (Lipinski definition) is 1. The summed E-state index contributed by atoms with van der Waals surface area (Å²) < 4.78 is 5.26. The summed E-state index contributed by atoms with van der Waals surface area (Å²) in [5.74, 6) is 0.799. The molecule has 31 heavy (non-hydrogen) atoms. The molecule has 1 saturated heterocycles. The van der Waals surface area contributed by atoms with Crippen molar-refractivity contribution in [3.05, 3.63) is 102 Å². The first kappa shape index (κ1) is 20.9. The van der Waals surface area contributed by atoms with Crippen molar-refractivity contribution in [3.8, 4) is 5.75 Å². The van der Waals surface area contributed by atoms with Crippen molar-refractivity contribution in [2.24, 2.45) is 0 Å². The molecule has 0 unspecified atom stereocenters. The molecule has 5 heteroatoms. The molecule has 0 spiro atoms. The van der Waals surface area contributed by atoms with Gasteiger partial charge in [0.2, 0.25) is 0 Å². The molecule has 1 aliphatic heterocycles. The van der Waals surface area contributed by atoms with Crippen LogP contribution in [-0.2, 0) is 6.54 Å². The summed E-state index contributed by atoms with van der Waals surface area (Å²) in [7, 11) is 1.65. The molecule has 5 nitrogen and oxygen atoms in total. The van der Waals surface area contributed by atoms with Crippen molar-refractivity contribution in [2.75, 3.05) is 33.3 Å². The van der Waals surface area contributed by atoms with Gasteiger partial charge in [-0.25, -0.2) is 4.79 Å². The highest BCUT2D eigenvalue weighted by atomic mass is 16.5. The number of nitrogens with zero attached hydrogens (tertiary/aromatic N) is 2. The van der Waals surface area contributed by atoms with Crippen LogP contribution in [-0.4, -0.2) is 49.1 Å². The molecular formula is C26H29N3O2. The molecule has 0 aromatic heterocycles. The van der Waals surface area contributed by atoms with Gasteiger partial charge in [0.05, 0.1) is 13.2 Å². The third-order valence-electron chi connectivity index (χ3n) is 5.78. The highest BCUT2D eigenvalue weighted by molar-refractivity contribution is 5.74. The van der Waals surface area contributed by atoms with E-state index in [2.05, 4.69) is 70.9 Å². The maximum atomic E-state index is 12.7. The van der Waals surface area contributed by atoms with Gasteiger partial charge in [-0.1, -0.05) is 72.8 Å². The number of urea groups is 1. The Balaban J connectivity index is 1.38. The Morgan fingerprint density at radius 1 is 0.871 bits per heavy atom. The van der Waals surface area contributed by atoms with Crippen LogP contribution in [0.1, 0.15) is 22.7 Å². The van der Waals surface area contributed by atoms with Gasteiger partial charge < -0.3 is 15.0 Å². The van der Waals surface area contributed by atoms with Gasteiger partial charge in [-0.05, 0) is 28.8 Å². The predicted octanol–water partition coefficient (Wildman–Crippen LogP) is 4.31. The SMILES string of the molecule is COc1cccc(CNC(=O)N2CCN(C(c3ccccc3)c3ccccc3)CC2)c1. The van der Waals surface area contributed by atoms with Crippen LogP contribution < -0.4 is 10.1 Å². The number of carbonyl (C=O) groups excluding carboxylic acids is 1. The Kier molecular flexibility index (Phi) is 6.85. The first-order chi connectivity index (χ1) is 15.2. The third kappa shape index (κ3) is 5.25. The average molecular weight is 416 g/mol. The summed E-state index contributed by atoms with van der Waals surface area (Å²) in [6, 6.07) is 29.2. The molecule has 0 saturated carbocycles. The molecule has 0 bridgehead atoms. The lowest BCUT2D eigenvalue weighted by Gasteiger charge is -2.39. The van der Waals surface area contributed by atoms with E-state index in [0.717, 1.165) is 24.4 Å². The van der Waals surface area contributed by atoms with Gasteiger partial charge in [0.1, 0.15) is 5.75 Å². The van der Waals surface area contributed by atoms with Crippen molar-refractivity contribution < 1.29 is 9.53 Å². The van der Waals surface area contributed by atoms with Crippen LogP contribution >= 0.6 is 0 Å². The van der Waals surface area contributed by atoms with E-state index in [1.165, 1.54) is 11.1 Å². The fourth-order valence-corrected chi connectivity index (χ4v) is 4.14. The van der Waals surface area contributed by atoms with Crippen molar-refractivity contribution in [1.29, 1.82) is 0 Å². The van der Waals surface area contributed by atoms with Crippen molar-refractivity contribution in [1.82, 2.24) is 15.1 Å². The normalized spacial score (nSPS) is 14.5. The molecular weight excluding hydrogens is 386 g/mol. The number of carbonyl (C=O) groups is 1. The monoisotopic (exact) mass is 415 g/mol. The Morgan fingerprint density at radius 3 is 2.06 bits per heavy atom. The van der Waals surface area contributed by atoms with Crippen LogP contribution in [0.25, 0.3) is 0 Å². The highest BCUT2D eigenvalue weighted by Crippen LogP contribution is 2.29. The number of benzene rings is 3. The Labute approximate surface area is 184 Å². The second-order valence-electron chi connectivity index (χ2n) is 7.76. The summed E-state index contributed by atoms with van der Waals surface area (Å²) >= 11 is 0. The number of rotatable bonds is 6. The van der Waals surface area contributed by atoms with E-state index in [9.17, 15) is 4.79 Å². The van der Waals surface area contributed by atoms with E-state index in [0.29, 0.717) is 19.6 Å². The van der Waals surface area contributed by atoms with Gasteiger partial charge in [0.15, 0.2) is 0 Å². The minimum atomic E-state index is -0.0153. The molecule has 0 aliphatic carbocycles. The fraction of sp³-hybridized carbons (Fsp3) is 0.269. The fourth-order valence-electron chi connectivity index (χ4n) is 4.14. The van der Waals surface area contributed by atoms with Gasteiger partial charge in [-0.15, -0.1) is 0 Å². The number of methoxy groups -OCH3 is 1. The third-order valence-corrected chi connectivity index (χ3v) is 5.78. The Morgan fingerprint density at radius 2 is 1.48 bits per heavy atom. The van der Waals surface area contributed by atoms with Crippen LogP contribution in [0.2, 0.25) is 0 Å². The van der Waals surface area contributed by atoms with Gasteiger partial charge in [0.25, 0.3) is 0 Å². The molecule has 3 aromatic carbocycles. The van der Waals surface area contributed by atoms with Crippen molar-refractivity contribution in [3.63, 3.8) is 0 Å². The largest absolute Gasteiger partial charge is 0.497 e. The lowest BCUT2D eigenvalue weighted by atomic mass is 9.96. The van der Waals surface area contributed by atoms with Gasteiger partial charge in [0, 0.05) is 32.7 Å². The summed E-state index contributed by atoms with van der Waals surface area (Å²) in [6.07, 6.45) is 0. The molecule has 1 heterocycles. The Hall–Kier alpha value is -3.31. The van der Waals surface area contributed by atoms with E-state index >= 15 is 0 Å². The van der Waals surface area contributed by atoms with Crippen molar-refractivity contribution >= 4 is 6.03 Å². The number of ether oxygens (including phenoxy) is 1. The molecule has 0 atom stereocenters. The van der Waals surface area contributed by atoms with Crippen LogP contribution in [0.4, 0.5) is 4.79 Å². The first-order valence-electron chi connectivity index (χ1n) is 10.7. The van der Waals surface area contributed by atoms with Crippen LogP contribution in [0, 0.1) is 0 Å². The van der Waals surface area contributed by atoms with E-state index in [1.807, 2.05) is 29.2 Å². The number of hydrogen-bond acceptors (Lipinski definition) is 3. The van der Waals surface area contributed by atoms with Gasteiger partial charge >= 0.3 is 6.03 Å². The van der Waals surface area contributed by atoms with Gasteiger partial charge in [-0.2, -0.15) is 0 Å². The molecule has 3 aromatic rings. The number of amides is 2. The maximum absolute atomic E-state index is 12.7. The molecule has 4 rings (SSSR count). The van der Waals surface area contributed by atoms with E-state index in [-0.39, 0.29) is 12.1 Å². The van der Waals surface area contributed by atoms with E-state index in [4.69, 9.17) is 4.74 Å². The Bertz CT molecular complexity index is 931. The minimum absolute atomic E-state index is 0.0153. The summed E-state index contributed by atoms with van der Waals surface area (Å²) in [6.45, 7) is 3.58. The van der Waals surface area contributed by atoms with E-state index < -0.39 is 0 Å². The lowest BCUT2D eigenvalue weighted by Crippen LogP contribution is -2.52. The zero-order valence-corrected chi connectivity index (χ0v) is 17.9. The second-order valence-corrected chi connectivity index (χ2v) is 7.76. The lowest BCUT2D eigenvalue weighted by molar-refractivity contribution is 0.120. The average Bonchev–Trinajstić information content (AvgIpc) is 2.84. The van der Waals surface area contributed by atoms with Crippen LogP contribution in [0.5, 0.6) is 5.75 Å². The van der Waals surface area contributed by atoms with Crippen LogP contribution in [0.3, 0.4) is 0 Å². The summed E-state index contributed by atoms with van der Waals surface area (Å²) in [5, 5.41) is 3.04. The quantitative estimate of drug-likeness (QED) is 0.652. The van der Waals surface area contributed by atoms with Gasteiger partial charge in [-0.3, -0.25) is 4.90 Å². The smallest absolute Gasteiger partial charge is 0.317 e. The predicted molar refractivity (Wildman–Crippen MR) is 123 cm³/mol. The summed E-state index contributed by atoms with van der Waals surface area (Å²) in [4.78, 5) is 17.1. The maximum Gasteiger partial charge on any atom is 0.317 e. The first-order valence-corrected chi connectivity index (χ1v) is 10.7. The number of piperazine rings is 1. The molecule has 160 valence electrons. The van der Waals surface area contributed by atoms with E-state index in [1.54, 1.807) is 7.11 Å². The zero-order valence-electron chi connectivity index (χ0n) is 17.9. The standard InChI is InChI=1S/C26H29N3O2/c1-31-24-14-8-9-21(19-24)20-27-26(30)29-17-15-28(16-18-29)25(22-10-4-2-5-11-22)23-12-6-3-7-13-23/h2-14,19,25H,15-18,20H2,1H3,(H,27,30). The molecule has 2 amide bonds. The molecule has 0 radical (unpaired) electrons. The molecule has 1 N–H and O–H groups in total. The second kappa shape index (κ2) is 10.1. The number of nitrogens with one attached hydrogen (secondary N) is 1. The zero-order chi connectivity index (χ0) is 21.5.